The first-order chi connectivity index (χ1) is 8.63. The number of likely N-dealkylation sites (tertiary alicyclic amines) is 1. The second-order valence-electron chi connectivity index (χ2n) is 5.80. The third-order valence-electron chi connectivity index (χ3n) is 3.70. The van der Waals surface area contributed by atoms with Gasteiger partial charge in [-0.2, -0.15) is 0 Å². The number of ether oxygens (including phenoxy) is 1. The Balaban J connectivity index is 1.65. The van der Waals surface area contributed by atoms with E-state index in [1.807, 2.05) is 0 Å². The molecule has 3 atom stereocenters. The number of allylic oxidation sites excluding steroid dienone is 2. The van der Waals surface area contributed by atoms with Gasteiger partial charge in [0.25, 0.3) is 0 Å². The topological polar surface area (TPSA) is 12.5 Å². The van der Waals surface area contributed by atoms with E-state index >= 15 is 0 Å². The van der Waals surface area contributed by atoms with Crippen molar-refractivity contribution in [2.75, 3.05) is 26.2 Å². The molecule has 0 aromatic heterocycles. The molecule has 0 aromatic carbocycles. The van der Waals surface area contributed by atoms with Crippen molar-refractivity contribution < 1.29 is 4.74 Å². The molecule has 0 N–H and O–H groups in total. The second kappa shape index (κ2) is 7.06. The first kappa shape index (κ1) is 14.5. The van der Waals surface area contributed by atoms with Gasteiger partial charge in [0.05, 0.1) is 12.7 Å². The van der Waals surface area contributed by atoms with Crippen LogP contribution in [0.3, 0.4) is 0 Å². The molecule has 102 valence electrons. The Morgan fingerprint density at radius 3 is 2.67 bits per heavy atom. The largest absolute Gasteiger partial charge is 0.372 e. The van der Waals surface area contributed by atoms with E-state index in [1.165, 1.54) is 23.1 Å². The van der Waals surface area contributed by atoms with Gasteiger partial charge in [-0.05, 0) is 47.3 Å². The van der Waals surface area contributed by atoms with Crippen molar-refractivity contribution in [1.82, 2.24) is 4.90 Å². The van der Waals surface area contributed by atoms with Crippen LogP contribution in [-0.2, 0) is 4.74 Å². The predicted octanol–water partition coefficient (Wildman–Crippen LogP) is 3.63. The molecular weight excluding hydrogens is 337 g/mol. The average molecular weight is 361 g/mol. The van der Waals surface area contributed by atoms with E-state index < -0.39 is 0 Å². The molecule has 0 saturated carbocycles. The second-order valence-corrected chi connectivity index (χ2v) is 7.04. The molecule has 2 nitrogen and oxygen atoms in total. The van der Waals surface area contributed by atoms with Crippen LogP contribution < -0.4 is 0 Å². The normalized spacial score (nSPS) is 33.5. The van der Waals surface area contributed by atoms with Crippen molar-refractivity contribution >= 4 is 22.6 Å². The van der Waals surface area contributed by atoms with Gasteiger partial charge in [-0.1, -0.05) is 32.1 Å². The Hall–Kier alpha value is 0.130. The van der Waals surface area contributed by atoms with E-state index in [9.17, 15) is 0 Å². The van der Waals surface area contributed by atoms with E-state index in [1.54, 1.807) is 0 Å². The van der Waals surface area contributed by atoms with Crippen molar-refractivity contribution in [2.45, 2.75) is 32.8 Å². The summed E-state index contributed by atoms with van der Waals surface area (Å²) in [5.74, 6) is 1.68. The summed E-state index contributed by atoms with van der Waals surface area (Å²) in [5.41, 5.74) is 0. The minimum atomic E-state index is 0.295. The summed E-state index contributed by atoms with van der Waals surface area (Å²) >= 11 is 2.35. The summed E-state index contributed by atoms with van der Waals surface area (Å²) < 4.78 is 7.25. The van der Waals surface area contributed by atoms with Gasteiger partial charge in [-0.15, -0.1) is 0 Å². The number of halogens is 1. The van der Waals surface area contributed by atoms with Gasteiger partial charge in [0.1, 0.15) is 0 Å². The van der Waals surface area contributed by atoms with Gasteiger partial charge in [-0.25, -0.2) is 0 Å². The van der Waals surface area contributed by atoms with Crippen LogP contribution in [0.1, 0.15) is 26.7 Å². The lowest BCUT2D eigenvalue weighted by Crippen LogP contribution is -2.40. The van der Waals surface area contributed by atoms with E-state index in [0.717, 1.165) is 31.4 Å². The highest BCUT2D eigenvalue weighted by Gasteiger charge is 2.21. The average Bonchev–Trinajstić information content (AvgIpc) is 2.30. The molecule has 1 heterocycles. The smallest absolute Gasteiger partial charge is 0.0794 e. The molecule has 1 saturated heterocycles. The number of rotatable bonds is 4. The highest BCUT2D eigenvalue weighted by atomic mass is 127. The van der Waals surface area contributed by atoms with Crippen molar-refractivity contribution in [2.24, 2.45) is 11.8 Å². The van der Waals surface area contributed by atoms with Crippen molar-refractivity contribution in [3.05, 3.63) is 21.8 Å². The molecular formula is C15H24INO. The van der Waals surface area contributed by atoms with E-state index in [2.05, 4.69) is 59.6 Å². The third-order valence-corrected chi connectivity index (χ3v) is 4.50. The van der Waals surface area contributed by atoms with Gasteiger partial charge < -0.3 is 9.64 Å². The maximum Gasteiger partial charge on any atom is 0.0794 e. The molecule has 3 heteroatoms. The number of piperidine rings is 1. The maximum absolute atomic E-state index is 5.93. The monoisotopic (exact) mass is 361 g/mol. The first-order valence-corrected chi connectivity index (χ1v) is 8.09. The molecule has 3 unspecified atom stereocenters. The summed E-state index contributed by atoms with van der Waals surface area (Å²) in [7, 11) is 0. The minimum Gasteiger partial charge on any atom is -0.372 e. The van der Waals surface area contributed by atoms with Crippen LogP contribution in [0.25, 0.3) is 0 Å². The predicted molar refractivity (Wildman–Crippen MR) is 85.0 cm³/mol. The Bertz CT molecular complexity index is 316. The molecule has 2 aliphatic rings. The van der Waals surface area contributed by atoms with Crippen LogP contribution in [0.5, 0.6) is 0 Å². The minimum absolute atomic E-state index is 0.295. The van der Waals surface area contributed by atoms with E-state index in [-0.39, 0.29) is 0 Å². The summed E-state index contributed by atoms with van der Waals surface area (Å²) in [6.45, 7) is 9.15. The van der Waals surface area contributed by atoms with Gasteiger partial charge >= 0.3 is 0 Å². The number of nitrogens with zero attached hydrogens (tertiary/aromatic N) is 1. The molecule has 0 radical (unpaired) electrons. The zero-order chi connectivity index (χ0) is 13.0. The van der Waals surface area contributed by atoms with Crippen molar-refractivity contribution in [3.8, 4) is 0 Å². The third kappa shape index (κ3) is 4.67. The fraction of sp³-hybridized carbons (Fsp3) is 0.733. The van der Waals surface area contributed by atoms with Crippen molar-refractivity contribution in [3.63, 3.8) is 0 Å². The van der Waals surface area contributed by atoms with Crippen LogP contribution in [0, 0.1) is 11.8 Å². The van der Waals surface area contributed by atoms with Crippen LogP contribution >= 0.6 is 22.6 Å². The number of hydrogen-bond donors (Lipinski definition) is 0. The van der Waals surface area contributed by atoms with Gasteiger partial charge in [-0.3, -0.25) is 0 Å². The van der Waals surface area contributed by atoms with Crippen LogP contribution in [0.2, 0.25) is 0 Å². The SMILES string of the molecule is CC1CC(C)CN(CCOC2C=CC(I)=CC2)C1. The van der Waals surface area contributed by atoms with Gasteiger partial charge in [0.2, 0.25) is 0 Å². The molecule has 1 aliphatic carbocycles. The molecule has 0 spiro atoms. The zero-order valence-corrected chi connectivity index (χ0v) is 13.6. The highest BCUT2D eigenvalue weighted by molar-refractivity contribution is 14.1. The summed E-state index contributed by atoms with van der Waals surface area (Å²) in [4.78, 5) is 2.56. The van der Waals surface area contributed by atoms with E-state index in [4.69, 9.17) is 4.74 Å². The molecule has 1 aliphatic heterocycles. The highest BCUT2D eigenvalue weighted by Crippen LogP contribution is 2.21. The zero-order valence-electron chi connectivity index (χ0n) is 11.4. The Kier molecular flexibility index (Phi) is 5.70. The lowest BCUT2D eigenvalue weighted by molar-refractivity contribution is 0.0474. The van der Waals surface area contributed by atoms with Gasteiger partial charge in [0.15, 0.2) is 0 Å². The Labute approximate surface area is 125 Å². The Morgan fingerprint density at radius 1 is 1.33 bits per heavy atom. The standard InChI is InChI=1S/C15H24INO/c1-12-9-13(2)11-17(10-12)7-8-18-15-5-3-14(16)4-6-15/h3-5,12-13,15H,6-11H2,1-2H3. The molecule has 18 heavy (non-hydrogen) atoms. The quantitative estimate of drug-likeness (QED) is 0.709. The number of hydrogen-bond acceptors (Lipinski definition) is 2. The summed E-state index contributed by atoms with van der Waals surface area (Å²) in [6.07, 6.45) is 9.29. The van der Waals surface area contributed by atoms with Gasteiger partial charge in [0, 0.05) is 23.2 Å². The van der Waals surface area contributed by atoms with Crippen LogP contribution in [-0.4, -0.2) is 37.2 Å². The fourth-order valence-electron chi connectivity index (χ4n) is 3.01. The molecule has 0 amide bonds. The molecule has 0 aromatic rings. The molecule has 0 bridgehead atoms. The van der Waals surface area contributed by atoms with Crippen LogP contribution in [0.15, 0.2) is 21.8 Å². The molecule has 2 rings (SSSR count). The summed E-state index contributed by atoms with van der Waals surface area (Å²) in [5, 5.41) is 0. The lowest BCUT2D eigenvalue weighted by atomic mass is 9.92. The van der Waals surface area contributed by atoms with Crippen LogP contribution in [0.4, 0.5) is 0 Å². The molecule has 1 fully saturated rings. The van der Waals surface area contributed by atoms with E-state index in [0.29, 0.717) is 6.10 Å². The Morgan fingerprint density at radius 2 is 2.06 bits per heavy atom. The lowest BCUT2D eigenvalue weighted by Gasteiger charge is -2.35. The maximum atomic E-state index is 5.93. The van der Waals surface area contributed by atoms with Crippen molar-refractivity contribution in [1.29, 1.82) is 0 Å². The summed E-state index contributed by atoms with van der Waals surface area (Å²) in [6, 6.07) is 0. The first-order valence-electron chi connectivity index (χ1n) is 7.01. The fourth-order valence-corrected chi connectivity index (χ4v) is 3.47.